The van der Waals surface area contributed by atoms with E-state index in [1.807, 2.05) is 24.3 Å². The molecule has 10 nitrogen and oxygen atoms in total. The zero-order valence-corrected chi connectivity index (χ0v) is 24.7. The highest BCUT2D eigenvalue weighted by Crippen LogP contribution is 2.64. The predicted octanol–water partition coefficient (Wildman–Crippen LogP) is 4.06. The molecular weight excluding hydrogens is 600 g/mol. The fourth-order valence-corrected chi connectivity index (χ4v) is 8.36. The number of halogens is 1. The van der Waals surface area contributed by atoms with Crippen LogP contribution in [0.15, 0.2) is 82.8 Å². The van der Waals surface area contributed by atoms with Gasteiger partial charge in [-0.3, -0.25) is 28.9 Å². The van der Waals surface area contributed by atoms with Crippen molar-refractivity contribution in [3.63, 3.8) is 0 Å². The largest absolute Gasteiger partial charge is 0.481 e. The summed E-state index contributed by atoms with van der Waals surface area (Å²) in [6.07, 6.45) is 1.84. The van der Waals surface area contributed by atoms with Crippen LogP contribution in [0.2, 0.25) is 5.02 Å². The second-order valence-corrected chi connectivity index (χ2v) is 12.5. The second kappa shape index (κ2) is 10.8. The van der Waals surface area contributed by atoms with Gasteiger partial charge < -0.3 is 14.6 Å². The molecule has 2 aromatic carbocycles. The van der Waals surface area contributed by atoms with Gasteiger partial charge in [0.05, 0.1) is 35.8 Å². The van der Waals surface area contributed by atoms with Crippen molar-refractivity contribution in [1.29, 1.82) is 0 Å². The number of amides is 4. The number of rotatable bonds is 7. The maximum atomic E-state index is 15.0. The summed E-state index contributed by atoms with van der Waals surface area (Å²) >= 11 is 6.31. The molecule has 0 bridgehead atoms. The monoisotopic (exact) mass is 628 g/mol. The first-order valence-corrected chi connectivity index (χ1v) is 15.2. The lowest BCUT2D eigenvalue weighted by Gasteiger charge is -2.49. The number of aliphatic carboxylic acids is 1. The van der Waals surface area contributed by atoms with Gasteiger partial charge in [-0.15, -0.1) is 0 Å². The van der Waals surface area contributed by atoms with Crippen molar-refractivity contribution in [3.8, 4) is 0 Å². The van der Waals surface area contributed by atoms with E-state index >= 15 is 4.79 Å². The third-order valence-electron chi connectivity index (χ3n) is 9.93. The van der Waals surface area contributed by atoms with Crippen LogP contribution in [0.4, 0.5) is 5.69 Å². The van der Waals surface area contributed by atoms with Crippen LogP contribution in [-0.2, 0) is 36.0 Å². The maximum absolute atomic E-state index is 15.0. The number of aliphatic hydroxyl groups is 1. The first-order chi connectivity index (χ1) is 21.7. The molecule has 1 aromatic heterocycles. The minimum Gasteiger partial charge on any atom is -0.481 e. The second-order valence-electron chi connectivity index (χ2n) is 12.0. The number of aliphatic hydroxyl groups excluding tert-OH is 1. The minimum absolute atomic E-state index is 0.111. The third-order valence-corrected chi connectivity index (χ3v) is 10.2. The Bertz CT molecular complexity index is 1780. The molecule has 6 unspecified atom stereocenters. The first-order valence-electron chi connectivity index (χ1n) is 14.8. The molecule has 2 aliphatic carbocycles. The molecule has 0 radical (unpaired) electrons. The lowest BCUT2D eigenvalue weighted by Crippen LogP contribution is -2.53. The number of carbonyl (C=O) groups excluding carboxylic acids is 4. The smallest absolute Gasteiger partial charge is 0.305 e. The minimum atomic E-state index is -1.48. The summed E-state index contributed by atoms with van der Waals surface area (Å²) in [4.78, 5) is 70.4. The van der Waals surface area contributed by atoms with E-state index in [1.54, 1.807) is 48.5 Å². The Hall–Kier alpha value is -4.54. The average Bonchev–Trinajstić information content (AvgIpc) is 3.67. The van der Waals surface area contributed by atoms with Gasteiger partial charge >= 0.3 is 5.97 Å². The average molecular weight is 629 g/mol. The Morgan fingerprint density at radius 3 is 2.42 bits per heavy atom. The zero-order valence-electron chi connectivity index (χ0n) is 24.0. The third kappa shape index (κ3) is 4.23. The molecule has 7 rings (SSSR count). The standard InChI is InChI=1S/C34H29ClN2O8/c35-19-7-4-8-20(15-19)37-31(42)25-16-24-22(10-11-23-28(24)32(43)36(30(23)41)14-13-27(39)40)29(26-12-9-21(17-38)45-26)34(25,33(37)44)18-5-2-1-3-6-18/h1-10,12,15,23-25,28-29,38H,11,13-14,16-17H2,(H,39,40). The number of benzene rings is 2. The molecule has 230 valence electrons. The van der Waals surface area contributed by atoms with Crippen LogP contribution in [-0.4, -0.2) is 51.3 Å². The summed E-state index contributed by atoms with van der Waals surface area (Å²) < 4.78 is 6.14. The fraction of sp³-hybridized carbons (Fsp3) is 0.324. The molecule has 45 heavy (non-hydrogen) atoms. The molecule has 6 atom stereocenters. The summed E-state index contributed by atoms with van der Waals surface area (Å²) in [5, 5.41) is 19.5. The Balaban J connectivity index is 1.44. The number of likely N-dealkylation sites (tertiary alicyclic amines) is 1. The van der Waals surface area contributed by atoms with Crippen LogP contribution in [0.5, 0.6) is 0 Å². The fourth-order valence-electron chi connectivity index (χ4n) is 8.18. The summed E-state index contributed by atoms with van der Waals surface area (Å²) in [6, 6.07) is 18.9. The predicted molar refractivity (Wildman–Crippen MR) is 160 cm³/mol. The highest BCUT2D eigenvalue weighted by atomic mass is 35.5. The first kappa shape index (κ1) is 29.2. The van der Waals surface area contributed by atoms with E-state index < -0.39 is 64.6 Å². The van der Waals surface area contributed by atoms with Crippen LogP contribution in [0.3, 0.4) is 0 Å². The van der Waals surface area contributed by atoms with Crippen molar-refractivity contribution >= 4 is 46.9 Å². The molecule has 2 N–H and O–H groups in total. The number of anilines is 1. The lowest BCUT2D eigenvalue weighted by molar-refractivity contribution is -0.142. The van der Waals surface area contributed by atoms with Crippen LogP contribution in [0.25, 0.3) is 0 Å². The topological polar surface area (TPSA) is 145 Å². The number of imide groups is 2. The summed E-state index contributed by atoms with van der Waals surface area (Å²) in [5.41, 5.74) is 0.154. The van der Waals surface area contributed by atoms with Crippen molar-refractivity contribution < 1.29 is 38.6 Å². The number of nitrogens with zero attached hydrogens (tertiary/aromatic N) is 2. The lowest BCUT2D eigenvalue weighted by atomic mass is 9.50. The molecule has 4 aliphatic rings. The number of furan rings is 1. The van der Waals surface area contributed by atoms with Crippen LogP contribution >= 0.6 is 11.6 Å². The molecule has 4 amide bonds. The van der Waals surface area contributed by atoms with Crippen molar-refractivity contribution in [2.24, 2.45) is 23.7 Å². The van der Waals surface area contributed by atoms with Gasteiger partial charge in [0.1, 0.15) is 23.5 Å². The molecule has 3 aromatic rings. The molecule has 3 heterocycles. The molecule has 2 saturated heterocycles. The van der Waals surface area contributed by atoms with Gasteiger partial charge in [-0.05, 0) is 54.7 Å². The van der Waals surface area contributed by atoms with Gasteiger partial charge in [-0.2, -0.15) is 0 Å². The van der Waals surface area contributed by atoms with Crippen molar-refractivity contribution in [1.82, 2.24) is 4.90 Å². The number of carboxylic acids is 1. The quantitative estimate of drug-likeness (QED) is 0.294. The number of hydrogen-bond acceptors (Lipinski definition) is 7. The Labute approximate surface area is 262 Å². The number of allylic oxidation sites excluding steroid dienone is 2. The Kier molecular flexibility index (Phi) is 7.02. The molecule has 0 spiro atoms. The molecule has 3 fully saturated rings. The van der Waals surface area contributed by atoms with Crippen molar-refractivity contribution in [2.45, 2.75) is 37.2 Å². The normalized spacial score (nSPS) is 29.0. The molecule has 1 saturated carbocycles. The van der Waals surface area contributed by atoms with E-state index in [0.29, 0.717) is 27.6 Å². The molecule has 11 heteroatoms. The Morgan fingerprint density at radius 2 is 1.73 bits per heavy atom. The number of carboxylic acid groups (broad SMARTS) is 1. The summed E-state index contributed by atoms with van der Waals surface area (Å²) in [7, 11) is 0. The number of hydrogen-bond donors (Lipinski definition) is 2. The van der Waals surface area contributed by atoms with Gasteiger partial charge in [0.25, 0.3) is 0 Å². The van der Waals surface area contributed by atoms with Crippen molar-refractivity contribution in [3.05, 3.63) is 100 Å². The maximum Gasteiger partial charge on any atom is 0.305 e. The van der Waals surface area contributed by atoms with Crippen LogP contribution in [0.1, 0.15) is 42.3 Å². The highest BCUT2D eigenvalue weighted by Gasteiger charge is 2.70. The van der Waals surface area contributed by atoms with Crippen LogP contribution in [0, 0.1) is 23.7 Å². The Morgan fingerprint density at radius 1 is 0.956 bits per heavy atom. The highest BCUT2D eigenvalue weighted by molar-refractivity contribution is 6.32. The SMILES string of the molecule is O=C(O)CCN1C(=O)C2CC=C3C(CC4C(=O)N(c5cccc(Cl)c5)C(=O)C4(c4ccccc4)C3c3ccc(CO)o3)C2C1=O. The summed E-state index contributed by atoms with van der Waals surface area (Å²) in [6.45, 7) is -0.616. The van der Waals surface area contributed by atoms with E-state index in [9.17, 15) is 29.4 Å². The van der Waals surface area contributed by atoms with Gasteiger partial charge in [0.2, 0.25) is 23.6 Å². The summed E-state index contributed by atoms with van der Waals surface area (Å²) in [5.74, 6) is -6.21. The number of carbonyl (C=O) groups is 5. The number of fused-ring (bicyclic) bond motifs is 4. The van der Waals surface area contributed by atoms with Gasteiger partial charge in [0, 0.05) is 11.6 Å². The van der Waals surface area contributed by atoms with E-state index in [4.69, 9.17) is 16.0 Å². The van der Waals surface area contributed by atoms with E-state index in [0.717, 1.165) is 4.90 Å². The van der Waals surface area contributed by atoms with Crippen LogP contribution < -0.4 is 4.90 Å². The molecular formula is C34H29ClN2O8. The van der Waals surface area contributed by atoms with E-state index in [2.05, 4.69) is 0 Å². The van der Waals surface area contributed by atoms with E-state index in [1.165, 1.54) is 4.90 Å². The van der Waals surface area contributed by atoms with Gasteiger partial charge in [-0.25, -0.2) is 4.90 Å². The van der Waals surface area contributed by atoms with E-state index in [-0.39, 0.29) is 38.2 Å². The zero-order chi connectivity index (χ0) is 31.6. The van der Waals surface area contributed by atoms with Gasteiger partial charge in [0.15, 0.2) is 0 Å². The van der Waals surface area contributed by atoms with Gasteiger partial charge in [-0.1, -0.05) is 59.6 Å². The molecule has 2 aliphatic heterocycles. The van der Waals surface area contributed by atoms with Crippen molar-refractivity contribution in [2.75, 3.05) is 11.4 Å².